The minimum absolute atomic E-state index is 0.0346. The lowest BCUT2D eigenvalue weighted by Gasteiger charge is -2.22. The van der Waals surface area contributed by atoms with Crippen LogP contribution in [-0.4, -0.2) is 56.3 Å². The van der Waals surface area contributed by atoms with Crippen molar-refractivity contribution in [2.24, 2.45) is 5.92 Å². The van der Waals surface area contributed by atoms with Crippen molar-refractivity contribution >= 4 is 21.7 Å². The minimum Gasteiger partial charge on any atom is -0.355 e. The molecule has 0 saturated carbocycles. The zero-order valence-corrected chi connectivity index (χ0v) is 10.3. The van der Waals surface area contributed by atoms with E-state index in [0.717, 1.165) is 0 Å². The molecule has 2 saturated heterocycles. The smallest absolute Gasteiger partial charge is 0.228 e. The molecule has 0 bridgehead atoms. The zero-order chi connectivity index (χ0) is 12.5. The molecule has 96 valence electrons. The van der Waals surface area contributed by atoms with Gasteiger partial charge in [0.25, 0.3) is 0 Å². The van der Waals surface area contributed by atoms with Crippen molar-refractivity contribution in [2.45, 2.75) is 12.8 Å². The Morgan fingerprint density at radius 1 is 1.29 bits per heavy atom. The van der Waals surface area contributed by atoms with Crippen LogP contribution in [0.2, 0.25) is 0 Å². The fraction of sp³-hybridized carbons (Fsp3) is 0.800. The molecule has 2 amide bonds. The summed E-state index contributed by atoms with van der Waals surface area (Å²) >= 11 is 0. The first-order valence-electron chi connectivity index (χ1n) is 5.74. The summed E-state index contributed by atoms with van der Waals surface area (Å²) in [4.78, 5) is 24.7. The van der Waals surface area contributed by atoms with Gasteiger partial charge in [0.1, 0.15) is 0 Å². The van der Waals surface area contributed by atoms with Crippen LogP contribution in [0.3, 0.4) is 0 Å². The summed E-state index contributed by atoms with van der Waals surface area (Å²) in [6.07, 6.45) is 0.713. The van der Waals surface area contributed by atoms with Crippen molar-refractivity contribution in [1.82, 2.24) is 10.2 Å². The molecule has 2 heterocycles. The number of hydrogen-bond acceptors (Lipinski definition) is 4. The number of carbonyl (C=O) groups is 2. The summed E-state index contributed by atoms with van der Waals surface area (Å²) in [6, 6.07) is 0. The minimum atomic E-state index is -3.00. The molecule has 0 aromatic carbocycles. The van der Waals surface area contributed by atoms with E-state index in [1.165, 1.54) is 0 Å². The molecule has 2 rings (SSSR count). The van der Waals surface area contributed by atoms with E-state index in [1.54, 1.807) is 4.90 Å². The fourth-order valence-electron chi connectivity index (χ4n) is 2.20. The topological polar surface area (TPSA) is 83.6 Å². The van der Waals surface area contributed by atoms with E-state index in [-0.39, 0.29) is 42.2 Å². The van der Waals surface area contributed by atoms with Gasteiger partial charge in [-0.1, -0.05) is 0 Å². The molecule has 2 aliphatic heterocycles. The first-order valence-corrected chi connectivity index (χ1v) is 7.56. The number of hydrogen-bond donors (Lipinski definition) is 1. The lowest BCUT2D eigenvalue weighted by Crippen LogP contribution is -2.38. The Labute approximate surface area is 100 Å². The summed E-state index contributed by atoms with van der Waals surface area (Å²) < 4.78 is 22.8. The van der Waals surface area contributed by atoms with E-state index in [2.05, 4.69) is 5.32 Å². The first kappa shape index (κ1) is 12.3. The fourth-order valence-corrected chi connectivity index (χ4v) is 3.47. The van der Waals surface area contributed by atoms with Crippen LogP contribution in [-0.2, 0) is 19.4 Å². The monoisotopic (exact) mass is 260 g/mol. The molecule has 6 nitrogen and oxygen atoms in total. The second kappa shape index (κ2) is 4.64. The molecule has 1 atom stereocenters. The molecule has 0 radical (unpaired) electrons. The predicted molar refractivity (Wildman–Crippen MR) is 61.0 cm³/mol. The second-order valence-corrected chi connectivity index (χ2v) is 6.84. The van der Waals surface area contributed by atoms with Gasteiger partial charge in [0.05, 0.1) is 17.4 Å². The van der Waals surface area contributed by atoms with Crippen LogP contribution < -0.4 is 5.32 Å². The summed E-state index contributed by atoms with van der Waals surface area (Å²) in [5, 5.41) is 2.62. The normalized spacial score (nSPS) is 28.6. The van der Waals surface area contributed by atoms with Crippen LogP contribution >= 0.6 is 0 Å². The summed E-state index contributed by atoms with van der Waals surface area (Å²) in [5.74, 6) is -0.333. The lowest BCUT2D eigenvalue weighted by molar-refractivity contribution is -0.135. The number of carbonyl (C=O) groups excluding carboxylic acids is 2. The Kier molecular flexibility index (Phi) is 3.37. The molecule has 7 heteroatoms. The van der Waals surface area contributed by atoms with Gasteiger partial charge < -0.3 is 10.2 Å². The van der Waals surface area contributed by atoms with Crippen LogP contribution in [0.15, 0.2) is 0 Å². The van der Waals surface area contributed by atoms with E-state index >= 15 is 0 Å². The standard InChI is InChI=1S/C10H16N2O4S/c13-9-6-8(7-11-9)10(14)12-2-1-4-17(15,16)5-3-12/h8H,1-7H2,(H,11,13). The maximum Gasteiger partial charge on any atom is 0.228 e. The van der Waals surface area contributed by atoms with Crippen LogP contribution in [0.5, 0.6) is 0 Å². The molecule has 0 aromatic heterocycles. The lowest BCUT2D eigenvalue weighted by atomic mass is 10.1. The summed E-state index contributed by atoms with van der Waals surface area (Å²) in [5.41, 5.74) is 0. The molecule has 1 unspecified atom stereocenters. The van der Waals surface area contributed by atoms with Gasteiger partial charge in [-0.2, -0.15) is 0 Å². The molecule has 0 aliphatic carbocycles. The van der Waals surface area contributed by atoms with Crippen molar-refractivity contribution < 1.29 is 18.0 Å². The number of nitrogens with zero attached hydrogens (tertiary/aromatic N) is 1. The van der Waals surface area contributed by atoms with Crippen LogP contribution in [0, 0.1) is 5.92 Å². The van der Waals surface area contributed by atoms with Gasteiger partial charge in [0.15, 0.2) is 9.84 Å². The van der Waals surface area contributed by atoms with Gasteiger partial charge >= 0.3 is 0 Å². The van der Waals surface area contributed by atoms with E-state index in [9.17, 15) is 18.0 Å². The van der Waals surface area contributed by atoms with Crippen LogP contribution in [0.25, 0.3) is 0 Å². The Bertz CT molecular complexity index is 432. The maximum absolute atomic E-state index is 12.0. The summed E-state index contributed by atoms with van der Waals surface area (Å²) in [7, 11) is -3.00. The van der Waals surface area contributed by atoms with Gasteiger partial charge in [-0.25, -0.2) is 8.42 Å². The highest BCUT2D eigenvalue weighted by atomic mass is 32.2. The van der Waals surface area contributed by atoms with E-state index in [0.29, 0.717) is 19.5 Å². The molecule has 1 N–H and O–H groups in total. The van der Waals surface area contributed by atoms with E-state index in [1.807, 2.05) is 0 Å². The van der Waals surface area contributed by atoms with Gasteiger partial charge in [-0.3, -0.25) is 9.59 Å². The molecule has 0 aromatic rings. The first-order chi connectivity index (χ1) is 7.98. The number of rotatable bonds is 1. The average molecular weight is 260 g/mol. The Balaban J connectivity index is 1.98. The average Bonchev–Trinajstić information content (AvgIpc) is 2.60. The van der Waals surface area contributed by atoms with Gasteiger partial charge in [0.2, 0.25) is 11.8 Å². The molecular weight excluding hydrogens is 244 g/mol. The number of sulfone groups is 1. The Morgan fingerprint density at radius 2 is 2.06 bits per heavy atom. The molecule has 2 aliphatic rings. The number of nitrogens with one attached hydrogen (secondary N) is 1. The van der Waals surface area contributed by atoms with Gasteiger partial charge in [-0.15, -0.1) is 0 Å². The Morgan fingerprint density at radius 3 is 2.71 bits per heavy atom. The number of amides is 2. The maximum atomic E-state index is 12.0. The highest BCUT2D eigenvalue weighted by molar-refractivity contribution is 7.91. The molecular formula is C10H16N2O4S. The third-order valence-corrected chi connectivity index (χ3v) is 4.91. The van der Waals surface area contributed by atoms with E-state index < -0.39 is 9.84 Å². The zero-order valence-electron chi connectivity index (χ0n) is 9.52. The van der Waals surface area contributed by atoms with Crippen LogP contribution in [0.4, 0.5) is 0 Å². The largest absolute Gasteiger partial charge is 0.355 e. The van der Waals surface area contributed by atoms with Crippen molar-refractivity contribution in [3.63, 3.8) is 0 Å². The highest BCUT2D eigenvalue weighted by Gasteiger charge is 2.32. The van der Waals surface area contributed by atoms with Crippen molar-refractivity contribution in [3.8, 4) is 0 Å². The molecule has 2 fully saturated rings. The molecule has 17 heavy (non-hydrogen) atoms. The van der Waals surface area contributed by atoms with Crippen molar-refractivity contribution in [2.75, 3.05) is 31.1 Å². The molecule has 0 spiro atoms. The van der Waals surface area contributed by atoms with Gasteiger partial charge in [-0.05, 0) is 6.42 Å². The predicted octanol–water partition coefficient (Wildman–Crippen LogP) is -1.23. The Hall–Kier alpha value is -1.11. The van der Waals surface area contributed by atoms with Crippen molar-refractivity contribution in [3.05, 3.63) is 0 Å². The third kappa shape index (κ3) is 2.96. The SMILES string of the molecule is O=C1CC(C(=O)N2CCCS(=O)(=O)CC2)CN1. The second-order valence-electron chi connectivity index (χ2n) is 4.54. The van der Waals surface area contributed by atoms with Crippen molar-refractivity contribution in [1.29, 1.82) is 0 Å². The van der Waals surface area contributed by atoms with Crippen LogP contribution in [0.1, 0.15) is 12.8 Å². The van der Waals surface area contributed by atoms with Gasteiger partial charge in [0, 0.05) is 26.1 Å². The van der Waals surface area contributed by atoms with E-state index in [4.69, 9.17) is 0 Å². The summed E-state index contributed by atoms with van der Waals surface area (Å²) in [6.45, 7) is 1.11. The third-order valence-electron chi connectivity index (χ3n) is 3.19. The quantitative estimate of drug-likeness (QED) is 0.640. The highest BCUT2D eigenvalue weighted by Crippen LogP contribution is 2.15.